The predicted octanol–water partition coefficient (Wildman–Crippen LogP) is 1.14. The molecule has 0 bridgehead atoms. The Hall–Kier alpha value is -1.72. The number of aliphatic hydroxyl groups is 2. The molecular weight excluding hydrogens is 192 g/mol. The Morgan fingerprint density at radius 1 is 0.929 bits per heavy atom. The summed E-state index contributed by atoms with van der Waals surface area (Å²) in [4.78, 5) is 21.2. The fourth-order valence-electron chi connectivity index (χ4n) is 0.447. The smallest absolute Gasteiger partial charge is 0.369 e. The van der Waals surface area contributed by atoms with Gasteiger partial charge in [0.05, 0.1) is 0 Å². The Morgan fingerprint density at radius 3 is 1.43 bits per heavy atom. The quantitative estimate of drug-likeness (QED) is 0.526. The van der Waals surface area contributed by atoms with Crippen LogP contribution < -0.4 is 0 Å². The van der Waals surface area contributed by atoms with Crippen molar-refractivity contribution < 1.29 is 29.3 Å². The topological polar surface area (TPSA) is 93.1 Å². The second kappa shape index (κ2) is 5.85. The van der Waals surface area contributed by atoms with Crippen LogP contribution in [0.1, 0.15) is 26.7 Å². The van der Waals surface area contributed by atoms with Crippen LogP contribution in [-0.2, 0) is 19.1 Å². The Kier molecular flexibility index (Phi) is 5.13. The number of carbonyl (C=O) groups is 2. The van der Waals surface area contributed by atoms with Crippen molar-refractivity contribution in [2.45, 2.75) is 26.7 Å². The van der Waals surface area contributed by atoms with Gasteiger partial charge in [-0.2, -0.15) is 0 Å². The molecular formula is C8H12O6. The van der Waals surface area contributed by atoms with E-state index in [4.69, 9.17) is 10.2 Å². The van der Waals surface area contributed by atoms with E-state index in [1.165, 1.54) is 13.8 Å². The third-order valence-corrected chi connectivity index (χ3v) is 1.18. The second-order valence-electron chi connectivity index (χ2n) is 2.27. The van der Waals surface area contributed by atoms with Gasteiger partial charge >= 0.3 is 23.8 Å². The van der Waals surface area contributed by atoms with E-state index in [0.29, 0.717) is 0 Å². The van der Waals surface area contributed by atoms with Crippen LogP contribution >= 0.6 is 0 Å². The number of hydrogen-bond donors (Lipinski definition) is 2. The summed E-state index contributed by atoms with van der Waals surface area (Å²) in [5.74, 6) is -3.72. The Balaban J connectivity index is 4.28. The average Bonchev–Trinajstić information content (AvgIpc) is 2.17. The molecule has 0 aromatic carbocycles. The highest BCUT2D eigenvalue weighted by Gasteiger charge is 2.13. The van der Waals surface area contributed by atoms with Crippen molar-refractivity contribution in [3.63, 3.8) is 0 Å². The van der Waals surface area contributed by atoms with E-state index in [9.17, 15) is 9.59 Å². The molecule has 0 saturated heterocycles. The number of rotatable bonds is 4. The third-order valence-electron chi connectivity index (χ3n) is 1.18. The standard InChI is InChI=1S/C8H12O6/c1-3-5(9)13-7(11)8(12)14-6(10)4-2/h11-12H,3-4H2,1-2H3/b8-7-. The zero-order chi connectivity index (χ0) is 11.1. The van der Waals surface area contributed by atoms with Crippen molar-refractivity contribution in [1.29, 1.82) is 0 Å². The molecule has 0 radical (unpaired) electrons. The molecule has 0 aliphatic rings. The summed E-state index contributed by atoms with van der Waals surface area (Å²) < 4.78 is 8.35. The van der Waals surface area contributed by atoms with Crippen LogP contribution in [0, 0.1) is 0 Å². The summed E-state index contributed by atoms with van der Waals surface area (Å²) in [6.45, 7) is 3.01. The van der Waals surface area contributed by atoms with Gasteiger partial charge in [0.15, 0.2) is 0 Å². The van der Waals surface area contributed by atoms with Crippen molar-refractivity contribution in [3.05, 3.63) is 11.9 Å². The minimum atomic E-state index is -1.11. The molecule has 0 fully saturated rings. The lowest BCUT2D eigenvalue weighted by Gasteiger charge is -2.03. The molecule has 0 saturated carbocycles. The first-order chi connectivity index (χ1) is 6.51. The lowest BCUT2D eigenvalue weighted by Crippen LogP contribution is -2.09. The lowest BCUT2D eigenvalue weighted by molar-refractivity contribution is -0.151. The molecule has 0 rings (SSSR count). The highest BCUT2D eigenvalue weighted by molar-refractivity contribution is 5.71. The van der Waals surface area contributed by atoms with Gasteiger partial charge in [-0.05, 0) is 0 Å². The number of aliphatic hydroxyl groups excluding tert-OH is 2. The molecule has 0 aliphatic carbocycles. The zero-order valence-electron chi connectivity index (χ0n) is 7.94. The first kappa shape index (κ1) is 12.3. The Bertz CT molecular complexity index is 229. The van der Waals surface area contributed by atoms with Gasteiger partial charge in [-0.1, -0.05) is 13.8 Å². The van der Waals surface area contributed by atoms with Gasteiger partial charge in [-0.15, -0.1) is 0 Å². The number of hydrogen-bond acceptors (Lipinski definition) is 6. The van der Waals surface area contributed by atoms with E-state index in [1.807, 2.05) is 0 Å². The molecule has 14 heavy (non-hydrogen) atoms. The van der Waals surface area contributed by atoms with Gasteiger partial charge in [0.25, 0.3) is 0 Å². The molecule has 6 nitrogen and oxygen atoms in total. The maximum Gasteiger partial charge on any atom is 0.369 e. The first-order valence-corrected chi connectivity index (χ1v) is 4.04. The largest absolute Gasteiger partial charge is 0.475 e. The molecule has 0 amide bonds. The van der Waals surface area contributed by atoms with E-state index in [-0.39, 0.29) is 12.8 Å². The second-order valence-corrected chi connectivity index (χ2v) is 2.27. The summed E-state index contributed by atoms with van der Waals surface area (Å²) in [5.41, 5.74) is 0. The van der Waals surface area contributed by atoms with Gasteiger partial charge in [-0.3, -0.25) is 9.59 Å². The molecule has 0 unspecified atom stereocenters. The highest BCUT2D eigenvalue weighted by atomic mass is 16.7. The SMILES string of the molecule is CCC(=O)O/C(O)=C(/O)OC(=O)CC. The normalized spacial score (nSPS) is 11.6. The van der Waals surface area contributed by atoms with Crippen LogP contribution in [0.15, 0.2) is 11.9 Å². The van der Waals surface area contributed by atoms with Crippen LogP contribution in [0.3, 0.4) is 0 Å². The molecule has 6 heteroatoms. The van der Waals surface area contributed by atoms with Crippen LogP contribution in [0.2, 0.25) is 0 Å². The van der Waals surface area contributed by atoms with Crippen LogP contribution in [0.25, 0.3) is 0 Å². The number of ether oxygens (including phenoxy) is 2. The maximum atomic E-state index is 10.6. The van der Waals surface area contributed by atoms with Crippen molar-refractivity contribution in [3.8, 4) is 0 Å². The summed E-state index contributed by atoms with van der Waals surface area (Å²) in [7, 11) is 0. The summed E-state index contributed by atoms with van der Waals surface area (Å²) in [6.07, 6.45) is 0.0537. The van der Waals surface area contributed by atoms with Gasteiger partial charge in [-0.25, -0.2) is 0 Å². The summed E-state index contributed by atoms with van der Waals surface area (Å²) >= 11 is 0. The van der Waals surface area contributed by atoms with E-state index >= 15 is 0 Å². The van der Waals surface area contributed by atoms with Crippen LogP contribution in [0.5, 0.6) is 0 Å². The van der Waals surface area contributed by atoms with Gasteiger partial charge in [0, 0.05) is 12.8 Å². The van der Waals surface area contributed by atoms with Crippen molar-refractivity contribution in [2.24, 2.45) is 0 Å². The average molecular weight is 204 g/mol. The van der Waals surface area contributed by atoms with Crippen molar-refractivity contribution >= 4 is 11.9 Å². The highest BCUT2D eigenvalue weighted by Crippen LogP contribution is 2.04. The van der Waals surface area contributed by atoms with E-state index in [0.717, 1.165) is 0 Å². The maximum absolute atomic E-state index is 10.6. The Labute approximate surface area is 80.7 Å². The summed E-state index contributed by atoms with van der Waals surface area (Å²) in [6, 6.07) is 0. The van der Waals surface area contributed by atoms with E-state index in [1.54, 1.807) is 0 Å². The molecule has 0 aromatic heterocycles. The Morgan fingerprint density at radius 2 is 1.21 bits per heavy atom. The molecule has 0 heterocycles. The van der Waals surface area contributed by atoms with Gasteiger partial charge in [0.2, 0.25) is 0 Å². The molecule has 0 aliphatic heterocycles. The number of esters is 2. The first-order valence-electron chi connectivity index (χ1n) is 4.04. The molecule has 80 valence electrons. The van der Waals surface area contributed by atoms with Crippen LogP contribution in [-0.4, -0.2) is 22.2 Å². The number of carbonyl (C=O) groups excluding carboxylic acids is 2. The molecule has 0 aromatic rings. The van der Waals surface area contributed by atoms with Gasteiger partial charge in [0.1, 0.15) is 0 Å². The fraction of sp³-hybridized carbons (Fsp3) is 0.500. The van der Waals surface area contributed by atoms with Crippen molar-refractivity contribution in [2.75, 3.05) is 0 Å². The fourth-order valence-corrected chi connectivity index (χ4v) is 0.447. The minimum absolute atomic E-state index is 0.0268. The lowest BCUT2D eigenvalue weighted by atomic mass is 10.5. The van der Waals surface area contributed by atoms with Crippen molar-refractivity contribution in [1.82, 2.24) is 0 Å². The minimum Gasteiger partial charge on any atom is -0.475 e. The van der Waals surface area contributed by atoms with Gasteiger partial charge < -0.3 is 19.7 Å². The monoisotopic (exact) mass is 204 g/mol. The molecule has 2 N–H and O–H groups in total. The molecule has 0 spiro atoms. The van der Waals surface area contributed by atoms with E-state index < -0.39 is 23.8 Å². The summed E-state index contributed by atoms with van der Waals surface area (Å²) in [5, 5.41) is 17.7. The predicted molar refractivity (Wildman–Crippen MR) is 45.0 cm³/mol. The van der Waals surface area contributed by atoms with E-state index in [2.05, 4.69) is 9.47 Å². The third kappa shape index (κ3) is 4.34. The zero-order valence-corrected chi connectivity index (χ0v) is 7.94. The van der Waals surface area contributed by atoms with Crippen LogP contribution in [0.4, 0.5) is 0 Å². The molecule has 0 atom stereocenters.